The average molecular weight is 453 g/mol. The van der Waals surface area contributed by atoms with Crippen molar-refractivity contribution >= 4 is 29.0 Å². The van der Waals surface area contributed by atoms with E-state index in [0.29, 0.717) is 23.4 Å². The normalized spacial score (nSPS) is 11.4. The quantitative estimate of drug-likeness (QED) is 0.439. The van der Waals surface area contributed by atoms with Crippen molar-refractivity contribution < 1.29 is 22.7 Å². The molecule has 3 rings (SSSR count). The highest BCUT2D eigenvalue weighted by Gasteiger charge is 2.27. The minimum Gasteiger partial charge on any atom is -0.367 e. The summed E-state index contributed by atoms with van der Waals surface area (Å²) in [6.07, 6.45) is -4.33. The van der Waals surface area contributed by atoms with Crippen LogP contribution in [0.4, 0.5) is 13.2 Å². The predicted octanol–water partition coefficient (Wildman–Crippen LogP) is 5.44. The number of amides is 1. The molecule has 1 heterocycles. The molecule has 0 aliphatic rings. The van der Waals surface area contributed by atoms with Crippen LogP contribution in [0.25, 0.3) is 0 Å². The van der Waals surface area contributed by atoms with Crippen LogP contribution in [-0.2, 0) is 23.6 Å². The van der Waals surface area contributed by atoms with Crippen LogP contribution in [0, 0.1) is 0 Å². The molecule has 0 fully saturated rings. The topological polar surface area (TPSA) is 51.2 Å². The van der Waals surface area contributed by atoms with Crippen molar-refractivity contribution in [1.29, 1.82) is 0 Å². The number of nitrogens with zero attached hydrogens (tertiary/aromatic N) is 1. The summed E-state index contributed by atoms with van der Waals surface area (Å²) in [5.74, 6) is 0.500. The molecule has 0 saturated heterocycles. The van der Waals surface area contributed by atoms with Gasteiger partial charge in [0.1, 0.15) is 6.61 Å². The highest BCUT2D eigenvalue weighted by atomic mass is 32.2. The minimum atomic E-state index is -4.33. The fourth-order valence-electron chi connectivity index (χ4n) is 2.56. The van der Waals surface area contributed by atoms with Gasteiger partial charge in [0.2, 0.25) is 0 Å². The largest absolute Gasteiger partial charge is 0.411 e. The first-order valence-corrected chi connectivity index (χ1v) is 10.9. The van der Waals surface area contributed by atoms with Gasteiger partial charge in [-0.15, -0.1) is 23.1 Å². The molecule has 30 heavy (non-hydrogen) atoms. The van der Waals surface area contributed by atoms with Gasteiger partial charge in [-0.05, 0) is 23.3 Å². The van der Waals surface area contributed by atoms with Crippen molar-refractivity contribution in [2.45, 2.75) is 30.0 Å². The van der Waals surface area contributed by atoms with Crippen molar-refractivity contribution in [3.8, 4) is 0 Å². The molecule has 2 aromatic carbocycles. The number of carbonyl (C=O) groups excluding carboxylic acids is 1. The van der Waals surface area contributed by atoms with Crippen LogP contribution in [0.3, 0.4) is 0 Å². The van der Waals surface area contributed by atoms with E-state index < -0.39 is 12.8 Å². The third kappa shape index (κ3) is 7.16. The first kappa shape index (κ1) is 22.3. The first-order chi connectivity index (χ1) is 14.4. The van der Waals surface area contributed by atoms with Crippen molar-refractivity contribution in [3.63, 3.8) is 0 Å². The molecular weight excluding hydrogens is 433 g/mol. The molecule has 0 radical (unpaired) electrons. The molecule has 0 saturated carbocycles. The van der Waals surface area contributed by atoms with Crippen LogP contribution in [0.1, 0.15) is 27.2 Å². The Morgan fingerprint density at radius 3 is 2.53 bits per heavy atom. The Balaban J connectivity index is 1.52. The lowest BCUT2D eigenvalue weighted by molar-refractivity contribution is -0.176. The third-order valence-corrected chi connectivity index (χ3v) is 5.74. The van der Waals surface area contributed by atoms with E-state index in [9.17, 15) is 18.0 Å². The Bertz CT molecular complexity index is 946. The summed E-state index contributed by atoms with van der Waals surface area (Å²) < 4.78 is 41.0. The number of halogens is 3. The lowest BCUT2D eigenvalue weighted by atomic mass is 10.1. The van der Waals surface area contributed by atoms with Gasteiger partial charge in [0, 0.05) is 22.6 Å². The molecule has 9 heteroatoms. The van der Waals surface area contributed by atoms with E-state index in [1.807, 2.05) is 23.6 Å². The Labute approximate surface area is 180 Å². The molecule has 1 amide bonds. The minimum absolute atomic E-state index is 0.115. The van der Waals surface area contributed by atoms with E-state index in [0.717, 1.165) is 16.2 Å². The fraction of sp³-hybridized carbons (Fsp3) is 0.238. The van der Waals surface area contributed by atoms with Gasteiger partial charge in [-0.1, -0.05) is 36.4 Å². The van der Waals surface area contributed by atoms with E-state index in [4.69, 9.17) is 0 Å². The number of thiazole rings is 1. The summed E-state index contributed by atoms with van der Waals surface area (Å²) in [5, 5.41) is 4.87. The Morgan fingerprint density at radius 1 is 1.10 bits per heavy atom. The number of benzene rings is 2. The van der Waals surface area contributed by atoms with E-state index in [1.54, 1.807) is 47.6 Å². The van der Waals surface area contributed by atoms with Gasteiger partial charge in [-0.3, -0.25) is 4.79 Å². The maximum atomic E-state index is 12.6. The van der Waals surface area contributed by atoms with Crippen molar-refractivity contribution in [3.05, 3.63) is 81.8 Å². The number of thioether (sulfide) groups is 1. The second-order valence-corrected chi connectivity index (χ2v) is 8.11. The van der Waals surface area contributed by atoms with E-state index in [1.165, 1.54) is 11.3 Å². The molecule has 3 aromatic rings. The lowest BCUT2D eigenvalue weighted by Gasteiger charge is -2.10. The molecule has 0 unspecified atom stereocenters. The van der Waals surface area contributed by atoms with Crippen molar-refractivity contribution in [2.24, 2.45) is 0 Å². The number of nitrogens with one attached hydrogen (secondary N) is 1. The van der Waals surface area contributed by atoms with Gasteiger partial charge >= 0.3 is 6.18 Å². The summed E-state index contributed by atoms with van der Waals surface area (Å²) in [6.45, 7) is -1.08. The van der Waals surface area contributed by atoms with Crippen LogP contribution in [-0.4, -0.2) is 23.7 Å². The van der Waals surface area contributed by atoms with Gasteiger partial charge in [0.15, 0.2) is 0 Å². The van der Waals surface area contributed by atoms with E-state index in [2.05, 4.69) is 15.0 Å². The SMILES string of the molecule is O=C(NCc1ccc(COCC(F)(F)F)cc1)c1ccccc1SCc1cscn1. The second kappa shape index (κ2) is 10.6. The van der Waals surface area contributed by atoms with Gasteiger partial charge in [-0.25, -0.2) is 4.98 Å². The van der Waals surface area contributed by atoms with E-state index >= 15 is 0 Å². The summed E-state index contributed by atoms with van der Waals surface area (Å²) in [7, 11) is 0. The van der Waals surface area contributed by atoms with Gasteiger partial charge < -0.3 is 10.1 Å². The second-order valence-electron chi connectivity index (χ2n) is 6.37. The highest BCUT2D eigenvalue weighted by molar-refractivity contribution is 7.98. The zero-order valence-electron chi connectivity index (χ0n) is 15.8. The van der Waals surface area contributed by atoms with Crippen LogP contribution < -0.4 is 5.32 Å². The number of hydrogen-bond acceptors (Lipinski definition) is 5. The molecular formula is C21H19F3N2O2S2. The summed E-state index contributed by atoms with van der Waals surface area (Å²) in [6, 6.07) is 14.3. The highest BCUT2D eigenvalue weighted by Crippen LogP contribution is 2.26. The van der Waals surface area contributed by atoms with Gasteiger partial charge in [0.25, 0.3) is 5.91 Å². The maximum Gasteiger partial charge on any atom is 0.411 e. The number of carbonyl (C=O) groups is 1. The predicted molar refractivity (Wildman–Crippen MR) is 111 cm³/mol. The maximum absolute atomic E-state index is 12.6. The Hall–Kier alpha value is -2.36. The number of ether oxygens (including phenoxy) is 1. The number of aromatic nitrogens is 1. The van der Waals surface area contributed by atoms with Crippen LogP contribution in [0.5, 0.6) is 0 Å². The zero-order chi connectivity index (χ0) is 21.4. The van der Waals surface area contributed by atoms with Crippen LogP contribution in [0.15, 0.2) is 64.3 Å². The number of rotatable bonds is 9. The molecule has 0 atom stereocenters. The molecule has 0 spiro atoms. The summed E-state index contributed by atoms with van der Waals surface area (Å²) in [4.78, 5) is 17.8. The van der Waals surface area contributed by atoms with Crippen LogP contribution in [0.2, 0.25) is 0 Å². The zero-order valence-corrected chi connectivity index (χ0v) is 17.4. The van der Waals surface area contributed by atoms with E-state index in [-0.39, 0.29) is 12.5 Å². The van der Waals surface area contributed by atoms with Crippen molar-refractivity contribution in [1.82, 2.24) is 10.3 Å². The molecule has 0 aliphatic heterocycles. The first-order valence-electron chi connectivity index (χ1n) is 9.00. The Kier molecular flexibility index (Phi) is 7.89. The monoisotopic (exact) mass is 452 g/mol. The lowest BCUT2D eigenvalue weighted by Crippen LogP contribution is -2.23. The molecule has 1 aromatic heterocycles. The molecule has 1 N–H and O–H groups in total. The Morgan fingerprint density at radius 2 is 1.83 bits per heavy atom. The average Bonchev–Trinajstić information content (AvgIpc) is 3.24. The molecule has 158 valence electrons. The number of hydrogen-bond donors (Lipinski definition) is 1. The summed E-state index contributed by atoms with van der Waals surface area (Å²) >= 11 is 3.09. The fourth-order valence-corrected chi connectivity index (χ4v) is 4.17. The van der Waals surface area contributed by atoms with Gasteiger partial charge in [0.05, 0.1) is 23.4 Å². The smallest absolute Gasteiger partial charge is 0.367 e. The van der Waals surface area contributed by atoms with Crippen molar-refractivity contribution in [2.75, 3.05) is 6.61 Å². The van der Waals surface area contributed by atoms with Gasteiger partial charge in [-0.2, -0.15) is 13.2 Å². The molecule has 0 aliphatic carbocycles. The van der Waals surface area contributed by atoms with Crippen LogP contribution >= 0.6 is 23.1 Å². The molecule has 4 nitrogen and oxygen atoms in total. The molecule has 0 bridgehead atoms. The standard InChI is InChI=1S/C21H19F3N2O2S2/c22-21(23,24)13-28-10-16-7-5-15(6-8-16)9-25-20(27)18-3-1-2-4-19(18)30-12-17-11-29-14-26-17/h1-8,11,14H,9-10,12-13H2,(H,25,27). The third-order valence-electron chi connectivity index (χ3n) is 4.00. The number of alkyl halides is 3. The summed E-state index contributed by atoms with van der Waals surface area (Å²) in [5.41, 5.74) is 4.82.